The highest BCUT2D eigenvalue weighted by Gasteiger charge is 2.37. The predicted molar refractivity (Wildman–Crippen MR) is 79.3 cm³/mol. The summed E-state index contributed by atoms with van der Waals surface area (Å²) in [6.07, 6.45) is 1.94. The van der Waals surface area contributed by atoms with E-state index in [0.717, 1.165) is 26.1 Å². The third kappa shape index (κ3) is 3.73. The van der Waals surface area contributed by atoms with Crippen LogP contribution in [0, 0.1) is 5.92 Å². The maximum absolute atomic E-state index is 12.5. The monoisotopic (exact) mass is 302 g/mol. The number of rotatable bonds is 2. The van der Waals surface area contributed by atoms with Crippen molar-refractivity contribution in [2.45, 2.75) is 38.6 Å². The van der Waals surface area contributed by atoms with Crippen molar-refractivity contribution in [3.63, 3.8) is 0 Å². The van der Waals surface area contributed by atoms with Gasteiger partial charge in [0.2, 0.25) is 5.91 Å². The summed E-state index contributed by atoms with van der Waals surface area (Å²) in [5, 5.41) is 0. The quantitative estimate of drug-likeness (QED) is 0.755. The molecule has 1 unspecified atom stereocenters. The SMILES string of the molecule is CN1CCN(C(=O)CC2CCCS(=O)(=O)C2)C(C)(C)C1. The summed E-state index contributed by atoms with van der Waals surface area (Å²) in [6, 6.07) is 0. The molecule has 0 bridgehead atoms. The van der Waals surface area contributed by atoms with Crippen molar-refractivity contribution in [1.29, 1.82) is 0 Å². The van der Waals surface area contributed by atoms with Crippen LogP contribution in [0.1, 0.15) is 33.1 Å². The van der Waals surface area contributed by atoms with E-state index in [1.165, 1.54) is 0 Å². The Bertz CT molecular complexity index is 473. The maximum atomic E-state index is 12.5. The van der Waals surface area contributed by atoms with Gasteiger partial charge in [0.15, 0.2) is 9.84 Å². The lowest BCUT2D eigenvalue weighted by molar-refractivity contribution is -0.141. The molecule has 0 N–H and O–H groups in total. The van der Waals surface area contributed by atoms with Gasteiger partial charge in [-0.05, 0) is 39.7 Å². The zero-order valence-corrected chi connectivity index (χ0v) is 13.6. The molecule has 2 heterocycles. The molecule has 116 valence electrons. The molecule has 0 radical (unpaired) electrons. The lowest BCUT2D eigenvalue weighted by Crippen LogP contribution is -2.60. The van der Waals surface area contributed by atoms with Crippen molar-refractivity contribution in [2.75, 3.05) is 38.2 Å². The number of hydrogen-bond acceptors (Lipinski definition) is 4. The molecule has 2 aliphatic heterocycles. The zero-order valence-electron chi connectivity index (χ0n) is 12.8. The van der Waals surface area contributed by atoms with Gasteiger partial charge in [-0.2, -0.15) is 0 Å². The molecule has 2 saturated heterocycles. The van der Waals surface area contributed by atoms with Gasteiger partial charge in [0.1, 0.15) is 0 Å². The smallest absolute Gasteiger partial charge is 0.223 e. The molecule has 0 spiro atoms. The van der Waals surface area contributed by atoms with Gasteiger partial charge in [-0.25, -0.2) is 8.42 Å². The number of likely N-dealkylation sites (N-methyl/N-ethyl adjacent to an activating group) is 1. The summed E-state index contributed by atoms with van der Waals surface area (Å²) in [5.41, 5.74) is -0.169. The van der Waals surface area contributed by atoms with Crippen molar-refractivity contribution in [1.82, 2.24) is 9.80 Å². The molecule has 1 atom stereocenters. The molecule has 20 heavy (non-hydrogen) atoms. The van der Waals surface area contributed by atoms with E-state index < -0.39 is 9.84 Å². The summed E-state index contributed by atoms with van der Waals surface area (Å²) < 4.78 is 23.3. The second-order valence-electron chi connectivity index (χ2n) is 6.92. The van der Waals surface area contributed by atoms with E-state index in [2.05, 4.69) is 25.8 Å². The molecular weight excluding hydrogens is 276 g/mol. The van der Waals surface area contributed by atoms with Crippen molar-refractivity contribution >= 4 is 15.7 Å². The number of amides is 1. The first kappa shape index (κ1) is 15.8. The topological polar surface area (TPSA) is 57.7 Å². The average molecular weight is 302 g/mol. The molecule has 6 heteroatoms. The van der Waals surface area contributed by atoms with Crippen LogP contribution in [0.5, 0.6) is 0 Å². The molecule has 0 saturated carbocycles. The predicted octanol–water partition coefficient (Wildman–Crippen LogP) is 0.754. The molecule has 2 rings (SSSR count). The first-order valence-corrected chi connectivity index (χ1v) is 9.21. The molecule has 2 fully saturated rings. The zero-order chi connectivity index (χ0) is 15.0. The van der Waals surface area contributed by atoms with Gasteiger partial charge in [0, 0.05) is 31.6 Å². The first-order valence-electron chi connectivity index (χ1n) is 7.39. The van der Waals surface area contributed by atoms with Crippen LogP contribution in [0.3, 0.4) is 0 Å². The van der Waals surface area contributed by atoms with Crippen molar-refractivity contribution < 1.29 is 13.2 Å². The van der Waals surface area contributed by atoms with E-state index in [0.29, 0.717) is 12.8 Å². The highest BCUT2D eigenvalue weighted by Crippen LogP contribution is 2.26. The Hall–Kier alpha value is -0.620. The van der Waals surface area contributed by atoms with Crippen LogP contribution in [0.15, 0.2) is 0 Å². The van der Waals surface area contributed by atoms with E-state index in [1.807, 2.05) is 4.90 Å². The largest absolute Gasteiger partial charge is 0.335 e. The highest BCUT2D eigenvalue weighted by molar-refractivity contribution is 7.91. The Kier molecular flexibility index (Phi) is 4.44. The van der Waals surface area contributed by atoms with Gasteiger partial charge in [-0.1, -0.05) is 0 Å². The number of hydrogen-bond donors (Lipinski definition) is 0. The van der Waals surface area contributed by atoms with Crippen LogP contribution >= 0.6 is 0 Å². The summed E-state index contributed by atoms with van der Waals surface area (Å²) in [5.74, 6) is 0.604. The van der Waals surface area contributed by atoms with Crippen LogP contribution in [-0.4, -0.2) is 67.9 Å². The van der Waals surface area contributed by atoms with Crippen LogP contribution < -0.4 is 0 Å². The van der Waals surface area contributed by atoms with E-state index in [-0.39, 0.29) is 28.9 Å². The standard InChI is InChI=1S/C14H26N2O3S/c1-14(2)11-15(3)6-7-16(14)13(17)9-12-5-4-8-20(18,19)10-12/h12H,4-11H2,1-3H3. The fourth-order valence-electron chi connectivity index (χ4n) is 3.50. The van der Waals surface area contributed by atoms with Crippen molar-refractivity contribution in [3.8, 4) is 0 Å². The van der Waals surface area contributed by atoms with E-state index in [4.69, 9.17) is 0 Å². The Morgan fingerprint density at radius 1 is 1.30 bits per heavy atom. The van der Waals surface area contributed by atoms with E-state index in [9.17, 15) is 13.2 Å². The van der Waals surface area contributed by atoms with Crippen LogP contribution in [0.4, 0.5) is 0 Å². The first-order chi connectivity index (χ1) is 9.20. The number of nitrogens with zero attached hydrogens (tertiary/aromatic N) is 2. The molecule has 2 aliphatic rings. The molecule has 0 aromatic heterocycles. The summed E-state index contributed by atoms with van der Waals surface area (Å²) in [4.78, 5) is 16.7. The number of sulfone groups is 1. The molecule has 0 aliphatic carbocycles. The minimum atomic E-state index is -2.92. The van der Waals surface area contributed by atoms with E-state index >= 15 is 0 Å². The summed E-state index contributed by atoms with van der Waals surface area (Å²) >= 11 is 0. The van der Waals surface area contributed by atoms with Gasteiger partial charge in [0.05, 0.1) is 11.5 Å². The van der Waals surface area contributed by atoms with Crippen LogP contribution in [0.2, 0.25) is 0 Å². The van der Waals surface area contributed by atoms with Gasteiger partial charge in [-0.15, -0.1) is 0 Å². The Labute approximate surface area is 122 Å². The molecule has 1 amide bonds. The average Bonchev–Trinajstić information content (AvgIpc) is 2.25. The fourth-order valence-corrected chi connectivity index (χ4v) is 5.27. The van der Waals surface area contributed by atoms with Gasteiger partial charge >= 0.3 is 0 Å². The fraction of sp³-hybridized carbons (Fsp3) is 0.929. The summed E-state index contributed by atoms with van der Waals surface area (Å²) in [7, 11) is -0.858. The molecule has 0 aromatic carbocycles. The van der Waals surface area contributed by atoms with Gasteiger partial charge in [-0.3, -0.25) is 4.79 Å². The van der Waals surface area contributed by atoms with Crippen molar-refractivity contribution in [3.05, 3.63) is 0 Å². The third-order valence-electron chi connectivity index (χ3n) is 4.41. The molecule has 0 aromatic rings. The maximum Gasteiger partial charge on any atom is 0.223 e. The number of carbonyl (C=O) groups is 1. The second kappa shape index (κ2) is 5.64. The lowest BCUT2D eigenvalue weighted by Gasteiger charge is -2.46. The number of piperazine rings is 1. The number of carbonyl (C=O) groups excluding carboxylic acids is 1. The van der Waals surface area contributed by atoms with Crippen LogP contribution in [-0.2, 0) is 14.6 Å². The van der Waals surface area contributed by atoms with Crippen molar-refractivity contribution in [2.24, 2.45) is 5.92 Å². The Balaban J connectivity index is 1.98. The molecular formula is C14H26N2O3S. The van der Waals surface area contributed by atoms with E-state index in [1.54, 1.807) is 0 Å². The minimum absolute atomic E-state index is 0.0108. The Morgan fingerprint density at radius 2 is 2.00 bits per heavy atom. The lowest BCUT2D eigenvalue weighted by atomic mass is 9.95. The highest BCUT2D eigenvalue weighted by atomic mass is 32.2. The Morgan fingerprint density at radius 3 is 2.60 bits per heavy atom. The third-order valence-corrected chi connectivity index (χ3v) is 6.30. The minimum Gasteiger partial charge on any atom is -0.335 e. The second-order valence-corrected chi connectivity index (χ2v) is 9.15. The normalized spacial score (nSPS) is 30.1. The van der Waals surface area contributed by atoms with Gasteiger partial charge in [0.25, 0.3) is 0 Å². The molecule has 5 nitrogen and oxygen atoms in total. The van der Waals surface area contributed by atoms with Crippen LogP contribution in [0.25, 0.3) is 0 Å². The van der Waals surface area contributed by atoms with Gasteiger partial charge < -0.3 is 9.80 Å². The summed E-state index contributed by atoms with van der Waals surface area (Å²) in [6.45, 7) is 6.65.